The highest BCUT2D eigenvalue weighted by Crippen LogP contribution is 2.65. The second-order valence-electron chi connectivity index (χ2n) is 15.3. The Kier molecular flexibility index (Phi) is 11.8. The quantitative estimate of drug-likeness (QED) is 0.0795. The van der Waals surface area contributed by atoms with Gasteiger partial charge in [-0.05, 0) is 78.0 Å². The van der Waals surface area contributed by atoms with Gasteiger partial charge in [0.1, 0.15) is 6.79 Å². The van der Waals surface area contributed by atoms with Gasteiger partial charge < -0.3 is 9.47 Å². The summed E-state index contributed by atoms with van der Waals surface area (Å²) in [6.45, 7) is 16.2. The van der Waals surface area contributed by atoms with E-state index in [1.807, 2.05) is 5.92 Å². The summed E-state index contributed by atoms with van der Waals surface area (Å²) in [5, 5.41) is 0.150. The lowest BCUT2D eigenvalue weighted by molar-refractivity contribution is -0.368. The molecular weight excluding hydrogens is 663 g/mol. The maximum atomic E-state index is 14.0. The van der Waals surface area contributed by atoms with Gasteiger partial charge in [0.15, 0.2) is 0 Å². The molecule has 0 amide bonds. The van der Waals surface area contributed by atoms with Crippen LogP contribution in [0.4, 0.5) is 26.3 Å². The van der Waals surface area contributed by atoms with Crippen molar-refractivity contribution in [1.82, 2.24) is 0 Å². The normalized spacial score (nSPS) is 25.9. The van der Waals surface area contributed by atoms with E-state index in [4.69, 9.17) is 4.18 Å². The summed E-state index contributed by atoms with van der Waals surface area (Å²) >= 11 is 0. The molecule has 5 nitrogen and oxygen atoms in total. The fraction of sp³-hybridized carbons (Fsp3) is 0.765. The molecular formula is C34H50F6O5SSi. The zero-order chi connectivity index (χ0) is 35.9. The number of hydrogen-bond donors (Lipinski definition) is 0. The van der Waals surface area contributed by atoms with Gasteiger partial charge in [0.05, 0.1) is 19.1 Å². The molecule has 2 aliphatic rings. The van der Waals surface area contributed by atoms with Gasteiger partial charge in [-0.25, -0.2) is 0 Å². The van der Waals surface area contributed by atoms with E-state index in [1.54, 1.807) is 26.0 Å². The van der Waals surface area contributed by atoms with Crippen molar-refractivity contribution in [3.05, 3.63) is 29.8 Å². The number of rotatable bonds is 10. The van der Waals surface area contributed by atoms with Crippen molar-refractivity contribution in [1.29, 1.82) is 0 Å². The summed E-state index contributed by atoms with van der Waals surface area (Å²) in [5.74, 6) is 3.05. The Morgan fingerprint density at radius 1 is 1.00 bits per heavy atom. The van der Waals surface area contributed by atoms with Gasteiger partial charge in [-0.1, -0.05) is 84.2 Å². The number of halogens is 6. The summed E-state index contributed by atoms with van der Waals surface area (Å²) in [6.07, 6.45) is -9.25. The summed E-state index contributed by atoms with van der Waals surface area (Å²) < 4.78 is 125. The standard InChI is InChI=1S/C34H50F6O5SSi/c1-23-14-16-25(17-15-23)46(41,42)45-28(12-10-21-32(33(35,36)37,34(38,39)40)44-22-43-7)24(2)26-18-19-27-29(13-11-20-31(26,27)6)47(8,9)30(3,4)5/h14-17,24,26-29H,11-13,18-20,22H2,1-9H3/t24?,26-,27-,28?,29-,31+/m1/s1. The first kappa shape index (κ1) is 39.8. The first-order valence-electron chi connectivity index (χ1n) is 16.1. The molecule has 0 aromatic heterocycles. The SMILES string of the molecule is COCOC(C#CCC(OS(=O)(=O)c1ccc(C)cc1)C(C)[C@H]1CC[C@@H]2[C@H]([Si](C)(C)C(C)(C)C)CCC[C@@]12C)(C(F)(F)F)C(F)(F)F. The smallest absolute Gasteiger partial charge is 0.359 e. The Balaban J connectivity index is 2.07. The lowest BCUT2D eigenvalue weighted by Crippen LogP contribution is -2.58. The molecule has 0 aliphatic heterocycles. The van der Waals surface area contributed by atoms with E-state index in [0.29, 0.717) is 11.5 Å². The minimum Gasteiger partial charge on any atom is -0.359 e. The Hall–Kier alpha value is -1.59. The first-order valence-corrected chi connectivity index (χ1v) is 20.6. The molecule has 47 heavy (non-hydrogen) atoms. The molecule has 2 fully saturated rings. The molecule has 2 saturated carbocycles. The monoisotopic (exact) mass is 712 g/mol. The van der Waals surface area contributed by atoms with Crippen LogP contribution in [0, 0.1) is 41.9 Å². The van der Waals surface area contributed by atoms with Crippen molar-refractivity contribution in [2.24, 2.45) is 23.2 Å². The first-order chi connectivity index (χ1) is 21.4. The largest absolute Gasteiger partial charge is 0.438 e. The van der Waals surface area contributed by atoms with Gasteiger partial charge >= 0.3 is 18.0 Å². The maximum absolute atomic E-state index is 14.0. The fourth-order valence-corrected chi connectivity index (χ4v) is 12.7. The van der Waals surface area contributed by atoms with Crippen molar-refractivity contribution >= 4 is 18.2 Å². The third-order valence-electron chi connectivity index (χ3n) is 11.6. The lowest BCUT2D eigenvalue weighted by Gasteiger charge is -2.54. The van der Waals surface area contributed by atoms with Crippen LogP contribution in [0.15, 0.2) is 29.2 Å². The van der Waals surface area contributed by atoms with E-state index < -0.39 is 61.4 Å². The molecule has 1 aromatic carbocycles. The molecule has 13 heteroatoms. The summed E-state index contributed by atoms with van der Waals surface area (Å²) in [7, 11) is -5.35. The van der Waals surface area contributed by atoms with Crippen LogP contribution in [0.2, 0.25) is 23.7 Å². The predicted octanol–water partition coefficient (Wildman–Crippen LogP) is 9.68. The van der Waals surface area contributed by atoms with Crippen LogP contribution >= 0.6 is 0 Å². The molecule has 2 unspecified atom stereocenters. The molecule has 2 aliphatic carbocycles. The second-order valence-corrected chi connectivity index (χ2v) is 22.5. The molecule has 0 N–H and O–H groups in total. The van der Waals surface area contributed by atoms with E-state index >= 15 is 0 Å². The van der Waals surface area contributed by atoms with Gasteiger partial charge in [0, 0.05) is 13.5 Å². The van der Waals surface area contributed by atoms with Crippen molar-refractivity contribution < 1.29 is 48.4 Å². The van der Waals surface area contributed by atoms with Crippen molar-refractivity contribution in [2.45, 2.75) is 133 Å². The molecule has 268 valence electrons. The number of methoxy groups -OCH3 is 1. The van der Waals surface area contributed by atoms with Crippen LogP contribution in [0.25, 0.3) is 0 Å². The number of benzene rings is 1. The summed E-state index contributed by atoms with van der Waals surface area (Å²) in [4.78, 5) is -0.164. The molecule has 3 rings (SSSR count). The third kappa shape index (κ3) is 7.92. The van der Waals surface area contributed by atoms with Crippen LogP contribution in [0.3, 0.4) is 0 Å². The molecule has 0 bridgehead atoms. The van der Waals surface area contributed by atoms with Crippen LogP contribution in [-0.4, -0.2) is 54.5 Å². The highest BCUT2D eigenvalue weighted by atomic mass is 32.2. The molecule has 0 heterocycles. The summed E-state index contributed by atoms with van der Waals surface area (Å²) in [5.41, 5.74) is -3.72. The molecule has 1 aromatic rings. The topological polar surface area (TPSA) is 61.8 Å². The fourth-order valence-electron chi connectivity index (χ4n) is 7.93. The number of hydrogen-bond acceptors (Lipinski definition) is 5. The molecule has 0 saturated heterocycles. The Morgan fingerprint density at radius 3 is 2.09 bits per heavy atom. The van der Waals surface area contributed by atoms with E-state index in [0.717, 1.165) is 44.8 Å². The molecule has 0 spiro atoms. The second kappa shape index (κ2) is 14.0. The van der Waals surface area contributed by atoms with Crippen LogP contribution in [-0.2, 0) is 23.8 Å². The third-order valence-corrected chi connectivity index (χ3v) is 19.4. The van der Waals surface area contributed by atoms with E-state index in [9.17, 15) is 34.8 Å². The number of alkyl halides is 6. The van der Waals surface area contributed by atoms with Crippen LogP contribution < -0.4 is 0 Å². The Bertz CT molecular complexity index is 1380. The maximum Gasteiger partial charge on any atom is 0.438 e. The molecule has 0 radical (unpaired) electrons. The van der Waals surface area contributed by atoms with Crippen LogP contribution in [0.1, 0.15) is 78.7 Å². The van der Waals surface area contributed by atoms with Gasteiger partial charge in [-0.3, -0.25) is 4.18 Å². The average Bonchev–Trinajstić information content (AvgIpc) is 3.28. The zero-order valence-electron chi connectivity index (χ0n) is 28.9. The molecule has 6 atom stereocenters. The number of fused-ring (bicyclic) bond motifs is 1. The van der Waals surface area contributed by atoms with Crippen molar-refractivity contribution in [3.8, 4) is 11.8 Å². The van der Waals surface area contributed by atoms with Crippen LogP contribution in [0.5, 0.6) is 0 Å². The van der Waals surface area contributed by atoms with Crippen molar-refractivity contribution in [3.63, 3.8) is 0 Å². The highest BCUT2D eigenvalue weighted by molar-refractivity contribution is 7.86. The summed E-state index contributed by atoms with van der Waals surface area (Å²) in [6, 6.07) is 5.86. The van der Waals surface area contributed by atoms with Gasteiger partial charge in [0.25, 0.3) is 10.1 Å². The Morgan fingerprint density at radius 2 is 1.57 bits per heavy atom. The Labute approximate surface area is 277 Å². The van der Waals surface area contributed by atoms with E-state index in [1.165, 1.54) is 18.1 Å². The van der Waals surface area contributed by atoms with E-state index in [2.05, 4.69) is 50.3 Å². The number of aryl methyl sites for hydroxylation is 1. The lowest BCUT2D eigenvalue weighted by atomic mass is 9.61. The number of ether oxygens (including phenoxy) is 2. The average molecular weight is 713 g/mol. The van der Waals surface area contributed by atoms with Crippen molar-refractivity contribution in [2.75, 3.05) is 13.9 Å². The zero-order valence-corrected chi connectivity index (χ0v) is 30.7. The van der Waals surface area contributed by atoms with Gasteiger partial charge in [0.2, 0.25) is 0 Å². The van der Waals surface area contributed by atoms with Gasteiger partial charge in [-0.2, -0.15) is 34.8 Å². The predicted molar refractivity (Wildman–Crippen MR) is 172 cm³/mol. The highest BCUT2D eigenvalue weighted by Gasteiger charge is 2.72. The van der Waals surface area contributed by atoms with E-state index in [-0.39, 0.29) is 21.3 Å². The van der Waals surface area contributed by atoms with Gasteiger partial charge in [-0.15, -0.1) is 0 Å². The minimum absolute atomic E-state index is 0.0835. The minimum atomic E-state index is -5.96.